The Morgan fingerprint density at radius 1 is 1.37 bits per heavy atom. The number of benzene rings is 1. The molecule has 1 amide bonds. The molecule has 144 valence electrons. The molecule has 1 aliphatic rings. The molecule has 7 heteroatoms. The van der Waals surface area contributed by atoms with E-state index in [1.165, 1.54) is 0 Å². The van der Waals surface area contributed by atoms with Crippen LogP contribution in [0, 0.1) is 6.92 Å². The lowest BCUT2D eigenvalue weighted by Gasteiger charge is -2.25. The minimum atomic E-state index is -0.0387. The molecule has 0 bridgehead atoms. The highest BCUT2D eigenvalue weighted by Gasteiger charge is 2.23. The molecule has 27 heavy (non-hydrogen) atoms. The first-order valence-electron chi connectivity index (χ1n) is 9.18. The topological polar surface area (TPSA) is 90.6 Å². The summed E-state index contributed by atoms with van der Waals surface area (Å²) in [6.07, 6.45) is 2.12. The van der Waals surface area contributed by atoms with Crippen LogP contribution in [-0.2, 0) is 9.47 Å². The van der Waals surface area contributed by atoms with E-state index < -0.39 is 0 Å². The molecular weight excluding hydrogens is 344 g/mol. The lowest BCUT2D eigenvalue weighted by atomic mass is 10.1. The molecule has 2 heterocycles. The van der Waals surface area contributed by atoms with Gasteiger partial charge in [0.15, 0.2) is 0 Å². The van der Waals surface area contributed by atoms with Crippen LogP contribution in [0.3, 0.4) is 0 Å². The molecule has 7 nitrogen and oxygen atoms in total. The second-order valence-corrected chi connectivity index (χ2v) is 6.71. The zero-order valence-electron chi connectivity index (χ0n) is 15.9. The number of hydrogen-bond acceptors (Lipinski definition) is 6. The van der Waals surface area contributed by atoms with Crippen molar-refractivity contribution < 1.29 is 14.3 Å². The van der Waals surface area contributed by atoms with Crippen LogP contribution in [-0.4, -0.2) is 60.3 Å². The van der Waals surface area contributed by atoms with Crippen LogP contribution in [0.25, 0.3) is 11.3 Å². The van der Waals surface area contributed by atoms with E-state index in [4.69, 9.17) is 15.2 Å². The van der Waals surface area contributed by atoms with Crippen molar-refractivity contribution in [3.63, 3.8) is 0 Å². The molecule has 1 aromatic heterocycles. The van der Waals surface area contributed by atoms with Crippen LogP contribution in [0.2, 0.25) is 0 Å². The standard InChI is InChI=1S/C20H26N4O3/c1-14-11-18(23-20(21)22-14)15-5-3-6-16(12-15)19(25)24(8-10-26-2)13-17-7-4-9-27-17/h3,5-6,11-12,17H,4,7-10,13H2,1-2H3,(H2,21,22,23)/t17-/m1/s1. The van der Waals surface area contributed by atoms with E-state index in [1.807, 2.05) is 37.3 Å². The van der Waals surface area contributed by atoms with Gasteiger partial charge in [-0.25, -0.2) is 9.97 Å². The van der Waals surface area contributed by atoms with Gasteiger partial charge in [-0.2, -0.15) is 0 Å². The first-order valence-corrected chi connectivity index (χ1v) is 9.18. The zero-order valence-corrected chi connectivity index (χ0v) is 15.9. The van der Waals surface area contributed by atoms with E-state index in [0.717, 1.165) is 30.7 Å². The Labute approximate surface area is 159 Å². The summed E-state index contributed by atoms with van der Waals surface area (Å²) in [6.45, 7) is 4.22. The lowest BCUT2D eigenvalue weighted by Crippen LogP contribution is -2.39. The zero-order chi connectivity index (χ0) is 19.2. The largest absolute Gasteiger partial charge is 0.383 e. The molecule has 1 atom stereocenters. The van der Waals surface area contributed by atoms with Crippen LogP contribution in [0.5, 0.6) is 0 Å². The Balaban J connectivity index is 1.83. The van der Waals surface area contributed by atoms with Gasteiger partial charge in [-0.1, -0.05) is 12.1 Å². The minimum absolute atomic E-state index is 0.0387. The van der Waals surface area contributed by atoms with E-state index in [1.54, 1.807) is 12.0 Å². The predicted molar refractivity (Wildman–Crippen MR) is 103 cm³/mol. The van der Waals surface area contributed by atoms with Crippen molar-refractivity contribution >= 4 is 11.9 Å². The molecule has 1 aliphatic heterocycles. The van der Waals surface area contributed by atoms with Crippen molar-refractivity contribution in [3.8, 4) is 11.3 Å². The third kappa shape index (κ3) is 5.02. The van der Waals surface area contributed by atoms with Crippen LogP contribution in [0.15, 0.2) is 30.3 Å². The number of nitrogens with zero attached hydrogens (tertiary/aromatic N) is 3. The average Bonchev–Trinajstić information content (AvgIpc) is 3.17. The van der Waals surface area contributed by atoms with Gasteiger partial charge in [0.05, 0.1) is 18.4 Å². The van der Waals surface area contributed by atoms with E-state index >= 15 is 0 Å². The van der Waals surface area contributed by atoms with Crippen LogP contribution >= 0.6 is 0 Å². The number of methoxy groups -OCH3 is 1. The molecular formula is C20H26N4O3. The van der Waals surface area contributed by atoms with E-state index in [2.05, 4.69) is 9.97 Å². The minimum Gasteiger partial charge on any atom is -0.383 e. The molecule has 0 unspecified atom stereocenters. The fourth-order valence-corrected chi connectivity index (χ4v) is 3.24. The van der Waals surface area contributed by atoms with Crippen LogP contribution in [0.4, 0.5) is 5.95 Å². The number of amides is 1. The fourth-order valence-electron chi connectivity index (χ4n) is 3.24. The Hall–Kier alpha value is -2.51. The summed E-state index contributed by atoms with van der Waals surface area (Å²) in [7, 11) is 1.64. The van der Waals surface area contributed by atoms with Gasteiger partial charge >= 0.3 is 0 Å². The molecule has 0 saturated carbocycles. The molecule has 3 rings (SSSR count). The summed E-state index contributed by atoms with van der Waals surface area (Å²) in [4.78, 5) is 23.3. The summed E-state index contributed by atoms with van der Waals surface area (Å²) in [5.41, 5.74) is 8.70. The maximum atomic E-state index is 13.1. The number of ether oxygens (including phenoxy) is 2. The van der Waals surface area contributed by atoms with Gasteiger partial charge in [-0.15, -0.1) is 0 Å². The average molecular weight is 370 g/mol. The number of rotatable bonds is 7. The summed E-state index contributed by atoms with van der Waals surface area (Å²) in [6, 6.07) is 9.29. The first kappa shape index (κ1) is 19.3. The van der Waals surface area contributed by atoms with E-state index in [-0.39, 0.29) is 18.0 Å². The molecule has 1 saturated heterocycles. The number of aromatic nitrogens is 2. The molecule has 0 radical (unpaired) electrons. The highest BCUT2D eigenvalue weighted by atomic mass is 16.5. The third-order valence-corrected chi connectivity index (χ3v) is 4.58. The second kappa shape index (κ2) is 8.92. The Morgan fingerprint density at radius 2 is 2.22 bits per heavy atom. The summed E-state index contributed by atoms with van der Waals surface area (Å²) in [5.74, 6) is 0.185. The third-order valence-electron chi connectivity index (χ3n) is 4.58. The highest BCUT2D eigenvalue weighted by molar-refractivity contribution is 5.95. The smallest absolute Gasteiger partial charge is 0.254 e. The number of aryl methyl sites for hydroxylation is 1. The number of carbonyl (C=O) groups is 1. The number of anilines is 1. The summed E-state index contributed by atoms with van der Waals surface area (Å²) in [5, 5.41) is 0. The quantitative estimate of drug-likeness (QED) is 0.804. The lowest BCUT2D eigenvalue weighted by molar-refractivity contribution is 0.0456. The SMILES string of the molecule is COCCN(C[C@H]1CCCO1)C(=O)c1cccc(-c2cc(C)nc(N)n2)c1. The number of nitrogens with two attached hydrogens (primary N) is 1. The fraction of sp³-hybridized carbons (Fsp3) is 0.450. The van der Waals surface area contributed by atoms with Crippen molar-refractivity contribution in [1.82, 2.24) is 14.9 Å². The number of hydrogen-bond donors (Lipinski definition) is 1. The second-order valence-electron chi connectivity index (χ2n) is 6.71. The van der Waals surface area contributed by atoms with Crippen LogP contribution in [0.1, 0.15) is 28.9 Å². The maximum absolute atomic E-state index is 13.1. The molecule has 1 aromatic carbocycles. The molecule has 1 fully saturated rings. The monoisotopic (exact) mass is 370 g/mol. The molecule has 0 aliphatic carbocycles. The Kier molecular flexibility index (Phi) is 6.36. The van der Waals surface area contributed by atoms with Crippen molar-refractivity contribution in [2.75, 3.05) is 39.1 Å². The van der Waals surface area contributed by atoms with Gasteiger partial charge in [0.1, 0.15) is 0 Å². The summed E-state index contributed by atoms with van der Waals surface area (Å²) < 4.78 is 10.9. The van der Waals surface area contributed by atoms with Gasteiger partial charge in [-0.05, 0) is 38.0 Å². The van der Waals surface area contributed by atoms with Crippen molar-refractivity contribution in [2.45, 2.75) is 25.9 Å². The van der Waals surface area contributed by atoms with Gasteiger partial charge < -0.3 is 20.1 Å². The molecule has 2 aromatic rings. The van der Waals surface area contributed by atoms with E-state index in [9.17, 15) is 4.79 Å². The van der Waals surface area contributed by atoms with Gasteiger partial charge in [0.2, 0.25) is 5.95 Å². The van der Waals surface area contributed by atoms with E-state index in [0.29, 0.717) is 31.0 Å². The van der Waals surface area contributed by atoms with Crippen molar-refractivity contribution in [1.29, 1.82) is 0 Å². The van der Waals surface area contributed by atoms with Gasteiger partial charge in [-0.3, -0.25) is 4.79 Å². The van der Waals surface area contributed by atoms with Crippen molar-refractivity contribution in [3.05, 3.63) is 41.6 Å². The highest BCUT2D eigenvalue weighted by Crippen LogP contribution is 2.21. The van der Waals surface area contributed by atoms with Gasteiger partial charge in [0.25, 0.3) is 5.91 Å². The Bertz CT molecular complexity index is 770. The molecule has 2 N–H and O–H groups in total. The normalized spacial score (nSPS) is 16.4. The first-order chi connectivity index (χ1) is 13.1. The maximum Gasteiger partial charge on any atom is 0.254 e. The predicted octanol–water partition coefficient (Wildman–Crippen LogP) is 2.30. The van der Waals surface area contributed by atoms with Crippen molar-refractivity contribution in [2.24, 2.45) is 0 Å². The number of carbonyl (C=O) groups excluding carboxylic acids is 1. The van der Waals surface area contributed by atoms with Crippen LogP contribution < -0.4 is 5.73 Å². The summed E-state index contributed by atoms with van der Waals surface area (Å²) >= 11 is 0. The van der Waals surface area contributed by atoms with Gasteiger partial charge in [0, 0.05) is 43.6 Å². The molecule has 0 spiro atoms. The number of nitrogen functional groups attached to an aromatic ring is 1. The Morgan fingerprint density at radius 3 is 2.93 bits per heavy atom.